The minimum Gasteiger partial charge on any atom is -0.503 e. The Morgan fingerprint density at radius 2 is 1.62 bits per heavy atom. The van der Waals surface area contributed by atoms with Gasteiger partial charge in [0.2, 0.25) is 0 Å². The van der Waals surface area contributed by atoms with Crippen LogP contribution in [0.1, 0.15) is 29.2 Å². The summed E-state index contributed by atoms with van der Waals surface area (Å²) >= 11 is 0. The Hall–Kier alpha value is -3.86. The second-order valence-corrected chi connectivity index (χ2v) is 7.83. The number of carbonyl (C=O) groups is 2. The van der Waals surface area contributed by atoms with E-state index in [-0.39, 0.29) is 17.8 Å². The minimum absolute atomic E-state index is 0.107. The summed E-state index contributed by atoms with van der Waals surface area (Å²) in [6.45, 7) is 1.96. The molecular weight excluding hydrogens is 402 g/mol. The topological polar surface area (TPSA) is 66.8 Å². The van der Waals surface area contributed by atoms with Crippen molar-refractivity contribution in [2.75, 3.05) is 12.0 Å². The number of ether oxygens (including phenoxy) is 1. The molecule has 3 aromatic carbocycles. The number of ketones is 1. The number of para-hydroxylation sites is 1. The molecule has 0 bridgehead atoms. The molecule has 0 saturated heterocycles. The Balaban J connectivity index is 1.76. The molecule has 0 spiro atoms. The van der Waals surface area contributed by atoms with Gasteiger partial charge in [-0.1, -0.05) is 66.2 Å². The highest BCUT2D eigenvalue weighted by atomic mass is 16.5. The van der Waals surface area contributed by atoms with Crippen LogP contribution >= 0.6 is 0 Å². The average molecular weight is 428 g/mol. The second-order valence-electron chi connectivity index (χ2n) is 7.83. The maximum Gasteiger partial charge on any atom is 0.294 e. The fourth-order valence-corrected chi connectivity index (χ4v) is 4.09. The van der Waals surface area contributed by atoms with Gasteiger partial charge in [0.1, 0.15) is 5.75 Å². The first-order chi connectivity index (χ1) is 15.5. The summed E-state index contributed by atoms with van der Waals surface area (Å²) in [5.74, 6) is -0.803. The molecule has 1 unspecified atom stereocenters. The molecule has 1 N–H and O–H groups in total. The number of carbonyl (C=O) groups excluding carboxylic acids is 2. The SMILES string of the molecule is COc1ccccc1C1C(C(=O)CCc2ccccc2)=C(O)C(=O)N1c1ccc(C)cc1. The van der Waals surface area contributed by atoms with Crippen molar-refractivity contribution in [1.29, 1.82) is 0 Å². The Morgan fingerprint density at radius 3 is 2.31 bits per heavy atom. The van der Waals surface area contributed by atoms with Crippen molar-refractivity contribution in [1.82, 2.24) is 0 Å². The predicted molar refractivity (Wildman–Crippen MR) is 124 cm³/mol. The zero-order chi connectivity index (χ0) is 22.7. The zero-order valence-corrected chi connectivity index (χ0v) is 18.1. The van der Waals surface area contributed by atoms with Crippen LogP contribution in [0.3, 0.4) is 0 Å². The third-order valence-electron chi connectivity index (χ3n) is 5.74. The van der Waals surface area contributed by atoms with E-state index < -0.39 is 17.7 Å². The maximum atomic E-state index is 13.4. The van der Waals surface area contributed by atoms with Gasteiger partial charge in [-0.25, -0.2) is 0 Å². The Labute approximate surface area is 187 Å². The molecule has 3 aromatic rings. The molecule has 1 heterocycles. The van der Waals surface area contributed by atoms with Gasteiger partial charge in [-0.05, 0) is 37.1 Å². The summed E-state index contributed by atoms with van der Waals surface area (Å²) in [6, 6.07) is 23.6. The monoisotopic (exact) mass is 427 g/mol. The second kappa shape index (κ2) is 9.10. The smallest absolute Gasteiger partial charge is 0.294 e. The van der Waals surface area contributed by atoms with Gasteiger partial charge in [-0.2, -0.15) is 0 Å². The van der Waals surface area contributed by atoms with E-state index in [2.05, 4.69) is 0 Å². The van der Waals surface area contributed by atoms with E-state index in [9.17, 15) is 14.7 Å². The molecule has 1 aliphatic rings. The van der Waals surface area contributed by atoms with Gasteiger partial charge in [0.25, 0.3) is 5.91 Å². The lowest BCUT2D eigenvalue weighted by Gasteiger charge is -2.28. The van der Waals surface area contributed by atoms with Crippen LogP contribution in [0.15, 0.2) is 90.2 Å². The fourth-order valence-electron chi connectivity index (χ4n) is 4.09. The number of rotatable bonds is 7. The van der Waals surface area contributed by atoms with Gasteiger partial charge in [0.15, 0.2) is 11.5 Å². The summed E-state index contributed by atoms with van der Waals surface area (Å²) in [6.07, 6.45) is 0.706. The quantitative estimate of drug-likeness (QED) is 0.569. The normalized spacial score (nSPS) is 15.9. The number of hydrogen-bond donors (Lipinski definition) is 1. The molecule has 5 nitrogen and oxygen atoms in total. The van der Waals surface area contributed by atoms with E-state index in [0.717, 1.165) is 11.1 Å². The number of benzene rings is 3. The van der Waals surface area contributed by atoms with Gasteiger partial charge in [-0.3, -0.25) is 14.5 Å². The molecule has 0 saturated carbocycles. The number of Topliss-reactive ketones (excluding diaryl/α,β-unsaturated/α-hetero) is 1. The molecule has 4 rings (SSSR count). The number of amides is 1. The minimum atomic E-state index is -0.773. The Kier molecular flexibility index (Phi) is 6.08. The van der Waals surface area contributed by atoms with E-state index in [0.29, 0.717) is 23.4 Å². The highest BCUT2D eigenvalue weighted by molar-refractivity contribution is 6.16. The van der Waals surface area contributed by atoms with Gasteiger partial charge >= 0.3 is 0 Å². The number of methoxy groups -OCH3 is 1. The van der Waals surface area contributed by atoms with Crippen molar-refractivity contribution in [2.24, 2.45) is 0 Å². The van der Waals surface area contributed by atoms with Crippen molar-refractivity contribution in [3.63, 3.8) is 0 Å². The van der Waals surface area contributed by atoms with Crippen LogP contribution in [-0.4, -0.2) is 23.9 Å². The standard InChI is InChI=1S/C27H25NO4/c1-18-12-15-20(16-13-18)28-25(21-10-6-7-11-23(21)32-2)24(26(30)27(28)31)22(29)17-14-19-8-4-3-5-9-19/h3-13,15-16,25,30H,14,17H2,1-2H3. The van der Waals surface area contributed by atoms with Crippen molar-refractivity contribution >= 4 is 17.4 Å². The molecule has 0 radical (unpaired) electrons. The van der Waals surface area contributed by atoms with Gasteiger partial charge in [0, 0.05) is 17.7 Å². The highest BCUT2D eigenvalue weighted by Gasteiger charge is 2.45. The third kappa shape index (κ3) is 4.02. The molecule has 5 heteroatoms. The molecule has 1 aliphatic heterocycles. The van der Waals surface area contributed by atoms with Gasteiger partial charge < -0.3 is 9.84 Å². The first kappa shape index (κ1) is 21.4. The van der Waals surface area contributed by atoms with E-state index in [1.807, 2.05) is 79.7 Å². The van der Waals surface area contributed by atoms with Crippen LogP contribution in [0.25, 0.3) is 0 Å². The number of aliphatic hydroxyl groups is 1. The molecule has 0 aromatic heterocycles. The predicted octanol–water partition coefficient (Wildman–Crippen LogP) is 5.11. The molecule has 1 atom stereocenters. The van der Waals surface area contributed by atoms with E-state index in [1.165, 1.54) is 4.90 Å². The molecule has 0 aliphatic carbocycles. The van der Waals surface area contributed by atoms with Gasteiger partial charge in [0.05, 0.1) is 18.7 Å². The number of hydrogen-bond acceptors (Lipinski definition) is 4. The first-order valence-corrected chi connectivity index (χ1v) is 10.5. The number of anilines is 1. The van der Waals surface area contributed by atoms with Crippen molar-refractivity contribution < 1.29 is 19.4 Å². The summed E-state index contributed by atoms with van der Waals surface area (Å²) < 4.78 is 5.54. The van der Waals surface area contributed by atoms with Crippen molar-refractivity contribution in [2.45, 2.75) is 25.8 Å². The maximum absolute atomic E-state index is 13.4. The zero-order valence-electron chi connectivity index (χ0n) is 18.1. The van der Waals surface area contributed by atoms with Gasteiger partial charge in [-0.15, -0.1) is 0 Å². The van der Waals surface area contributed by atoms with Crippen LogP contribution in [0.2, 0.25) is 0 Å². The summed E-state index contributed by atoms with van der Waals surface area (Å²) in [7, 11) is 1.55. The summed E-state index contributed by atoms with van der Waals surface area (Å²) in [5.41, 5.74) is 3.43. The summed E-state index contributed by atoms with van der Waals surface area (Å²) in [4.78, 5) is 28.0. The number of nitrogens with zero attached hydrogens (tertiary/aromatic N) is 1. The van der Waals surface area contributed by atoms with Crippen LogP contribution in [0.4, 0.5) is 5.69 Å². The van der Waals surface area contributed by atoms with Crippen LogP contribution in [-0.2, 0) is 16.0 Å². The third-order valence-corrected chi connectivity index (χ3v) is 5.74. The largest absolute Gasteiger partial charge is 0.503 e. The van der Waals surface area contributed by atoms with E-state index >= 15 is 0 Å². The van der Waals surface area contributed by atoms with E-state index in [4.69, 9.17) is 4.74 Å². The highest BCUT2D eigenvalue weighted by Crippen LogP contribution is 2.44. The average Bonchev–Trinajstić information content (AvgIpc) is 3.09. The number of aliphatic hydroxyl groups excluding tert-OH is 1. The molecular formula is C27H25NO4. The van der Waals surface area contributed by atoms with Crippen molar-refractivity contribution in [3.8, 4) is 5.75 Å². The molecule has 162 valence electrons. The lowest BCUT2D eigenvalue weighted by atomic mass is 9.92. The van der Waals surface area contributed by atoms with E-state index in [1.54, 1.807) is 13.2 Å². The van der Waals surface area contributed by atoms with Crippen molar-refractivity contribution in [3.05, 3.63) is 107 Å². The first-order valence-electron chi connectivity index (χ1n) is 10.5. The Morgan fingerprint density at radius 1 is 0.969 bits per heavy atom. The summed E-state index contributed by atoms with van der Waals surface area (Å²) in [5, 5.41) is 10.8. The molecule has 0 fully saturated rings. The lowest BCUT2D eigenvalue weighted by Crippen LogP contribution is -2.31. The lowest BCUT2D eigenvalue weighted by molar-refractivity contribution is -0.118. The van der Waals surface area contributed by atoms with Crippen LogP contribution in [0.5, 0.6) is 5.75 Å². The number of aryl methyl sites for hydroxylation is 2. The Bertz CT molecular complexity index is 1170. The van der Waals surface area contributed by atoms with Crippen LogP contribution < -0.4 is 9.64 Å². The fraction of sp³-hybridized carbons (Fsp3) is 0.185. The molecule has 32 heavy (non-hydrogen) atoms. The van der Waals surface area contributed by atoms with Crippen LogP contribution in [0, 0.1) is 6.92 Å². The molecule has 1 amide bonds.